The molecule has 0 bridgehead atoms. The van der Waals surface area contributed by atoms with Gasteiger partial charge in [0.2, 0.25) is 0 Å². The van der Waals surface area contributed by atoms with E-state index in [4.69, 9.17) is 21.4 Å². The van der Waals surface area contributed by atoms with Crippen molar-refractivity contribution in [2.45, 2.75) is 13.3 Å². The second-order valence-electron chi connectivity index (χ2n) is 4.00. The minimum absolute atomic E-state index is 0.104. The van der Waals surface area contributed by atoms with Crippen molar-refractivity contribution in [1.29, 1.82) is 0 Å². The van der Waals surface area contributed by atoms with E-state index in [9.17, 15) is 9.59 Å². The number of halogens is 1. The van der Waals surface area contributed by atoms with E-state index in [2.05, 4.69) is 5.32 Å². The number of benzene rings is 1. The second-order valence-corrected chi connectivity index (χ2v) is 4.41. The Balaban J connectivity index is 2.75. The molecule has 6 nitrogen and oxygen atoms in total. The standard InChI is InChI=1S/C13H17ClN2O4/c1-3-16(7-6-12(17)18)13(19)15-11-8-9(20-2)4-5-10(11)14/h4-5,8H,3,6-7H2,1-2H3,(H,15,19)(H,17,18). The number of carbonyl (C=O) groups is 2. The van der Waals surface area contributed by atoms with Gasteiger partial charge in [0.1, 0.15) is 5.75 Å². The van der Waals surface area contributed by atoms with Gasteiger partial charge in [-0.15, -0.1) is 0 Å². The number of nitrogens with one attached hydrogen (secondary N) is 1. The number of hydrogen-bond donors (Lipinski definition) is 2. The summed E-state index contributed by atoms with van der Waals surface area (Å²) in [6, 6.07) is 4.50. The van der Waals surface area contributed by atoms with Crippen molar-refractivity contribution in [2.24, 2.45) is 0 Å². The maximum absolute atomic E-state index is 12.0. The third kappa shape index (κ3) is 4.62. The number of urea groups is 1. The van der Waals surface area contributed by atoms with Crippen LogP contribution in [0.25, 0.3) is 0 Å². The van der Waals surface area contributed by atoms with Gasteiger partial charge in [-0.25, -0.2) is 4.79 Å². The molecule has 0 saturated heterocycles. The molecule has 0 spiro atoms. The number of carbonyl (C=O) groups excluding carboxylic acids is 1. The van der Waals surface area contributed by atoms with E-state index < -0.39 is 12.0 Å². The molecule has 0 aliphatic carbocycles. The van der Waals surface area contributed by atoms with Crippen molar-refractivity contribution in [3.8, 4) is 5.75 Å². The maximum Gasteiger partial charge on any atom is 0.321 e. The minimum atomic E-state index is -0.948. The quantitative estimate of drug-likeness (QED) is 0.846. The maximum atomic E-state index is 12.0. The zero-order valence-electron chi connectivity index (χ0n) is 11.4. The van der Waals surface area contributed by atoms with Gasteiger partial charge in [-0.3, -0.25) is 4.79 Å². The third-order valence-electron chi connectivity index (χ3n) is 2.68. The lowest BCUT2D eigenvalue weighted by molar-refractivity contribution is -0.137. The average Bonchev–Trinajstić information content (AvgIpc) is 2.41. The number of carboxylic acids is 1. The summed E-state index contributed by atoms with van der Waals surface area (Å²) in [5.41, 5.74) is 0.421. The summed E-state index contributed by atoms with van der Waals surface area (Å²) in [6.07, 6.45) is -0.104. The lowest BCUT2D eigenvalue weighted by Gasteiger charge is -2.21. The molecule has 2 amide bonds. The molecule has 2 N–H and O–H groups in total. The van der Waals surface area contributed by atoms with Gasteiger partial charge in [-0.05, 0) is 19.1 Å². The highest BCUT2D eigenvalue weighted by Gasteiger charge is 2.14. The van der Waals surface area contributed by atoms with Crippen LogP contribution in [0.15, 0.2) is 18.2 Å². The summed E-state index contributed by atoms with van der Waals surface area (Å²) in [7, 11) is 1.51. The van der Waals surface area contributed by atoms with Crippen LogP contribution in [0.4, 0.5) is 10.5 Å². The summed E-state index contributed by atoms with van der Waals surface area (Å²) in [5.74, 6) is -0.381. The molecule has 7 heteroatoms. The molecule has 20 heavy (non-hydrogen) atoms. The SMILES string of the molecule is CCN(CCC(=O)O)C(=O)Nc1cc(OC)ccc1Cl. The first kappa shape index (κ1) is 16.1. The topological polar surface area (TPSA) is 78.9 Å². The van der Waals surface area contributed by atoms with E-state index in [0.29, 0.717) is 23.0 Å². The summed E-state index contributed by atoms with van der Waals surface area (Å²) in [6.45, 7) is 2.31. The number of carboxylic acid groups (broad SMARTS) is 1. The molecule has 0 radical (unpaired) electrons. The first-order valence-electron chi connectivity index (χ1n) is 6.09. The second kappa shape index (κ2) is 7.59. The van der Waals surface area contributed by atoms with Crippen molar-refractivity contribution in [3.63, 3.8) is 0 Å². The highest BCUT2D eigenvalue weighted by atomic mass is 35.5. The lowest BCUT2D eigenvalue weighted by Crippen LogP contribution is -2.36. The zero-order chi connectivity index (χ0) is 15.1. The van der Waals surface area contributed by atoms with Gasteiger partial charge in [0, 0.05) is 19.2 Å². The molecule has 0 aliphatic rings. The monoisotopic (exact) mass is 300 g/mol. The van der Waals surface area contributed by atoms with Crippen LogP contribution in [0, 0.1) is 0 Å². The highest BCUT2D eigenvalue weighted by Crippen LogP contribution is 2.26. The Labute approximate surface area is 122 Å². The van der Waals surface area contributed by atoms with Crippen LogP contribution in [0.3, 0.4) is 0 Å². The van der Waals surface area contributed by atoms with Crippen molar-refractivity contribution in [2.75, 3.05) is 25.5 Å². The van der Waals surface area contributed by atoms with Gasteiger partial charge in [-0.1, -0.05) is 11.6 Å². The van der Waals surface area contributed by atoms with Gasteiger partial charge in [0.25, 0.3) is 0 Å². The van der Waals surface area contributed by atoms with Crippen LogP contribution in [-0.2, 0) is 4.79 Å². The number of hydrogen-bond acceptors (Lipinski definition) is 3. The first-order chi connectivity index (χ1) is 9.47. The molecular weight excluding hydrogens is 284 g/mol. The molecule has 0 atom stereocenters. The van der Waals surface area contributed by atoms with E-state index in [1.165, 1.54) is 12.0 Å². The Morgan fingerprint density at radius 3 is 2.70 bits per heavy atom. The lowest BCUT2D eigenvalue weighted by atomic mass is 10.3. The van der Waals surface area contributed by atoms with E-state index in [0.717, 1.165) is 0 Å². The minimum Gasteiger partial charge on any atom is -0.497 e. The largest absolute Gasteiger partial charge is 0.497 e. The molecule has 1 aromatic carbocycles. The summed E-state index contributed by atoms with van der Waals surface area (Å²) in [5, 5.41) is 11.7. The fraction of sp³-hybridized carbons (Fsp3) is 0.385. The molecular formula is C13H17ClN2O4. The molecule has 0 aromatic heterocycles. The predicted octanol–water partition coefficient (Wildman–Crippen LogP) is 2.68. The smallest absolute Gasteiger partial charge is 0.321 e. The number of aliphatic carboxylic acids is 1. The molecule has 0 heterocycles. The Morgan fingerprint density at radius 1 is 1.45 bits per heavy atom. The number of ether oxygens (including phenoxy) is 1. The Morgan fingerprint density at radius 2 is 2.15 bits per heavy atom. The van der Waals surface area contributed by atoms with Crippen molar-refractivity contribution in [3.05, 3.63) is 23.2 Å². The van der Waals surface area contributed by atoms with E-state index in [1.807, 2.05) is 0 Å². The van der Waals surface area contributed by atoms with Crippen LogP contribution < -0.4 is 10.1 Å². The van der Waals surface area contributed by atoms with Gasteiger partial charge in [0.15, 0.2) is 0 Å². The molecule has 0 unspecified atom stereocenters. The highest BCUT2D eigenvalue weighted by molar-refractivity contribution is 6.33. The number of rotatable bonds is 6. The Kier molecular flexibility index (Phi) is 6.11. The van der Waals surface area contributed by atoms with Crippen molar-refractivity contribution >= 4 is 29.3 Å². The Bertz CT molecular complexity index is 493. The average molecular weight is 301 g/mol. The predicted molar refractivity (Wildman–Crippen MR) is 76.5 cm³/mol. The number of methoxy groups -OCH3 is 1. The van der Waals surface area contributed by atoms with Crippen LogP contribution in [-0.4, -0.2) is 42.2 Å². The van der Waals surface area contributed by atoms with Crippen molar-refractivity contribution < 1.29 is 19.4 Å². The van der Waals surface area contributed by atoms with Gasteiger partial charge < -0.3 is 20.1 Å². The molecule has 0 fully saturated rings. The van der Waals surface area contributed by atoms with E-state index in [1.54, 1.807) is 25.1 Å². The van der Waals surface area contributed by atoms with Crippen LogP contribution in [0.2, 0.25) is 5.02 Å². The fourth-order valence-corrected chi connectivity index (χ4v) is 1.72. The molecule has 1 aromatic rings. The first-order valence-corrected chi connectivity index (χ1v) is 6.47. The van der Waals surface area contributed by atoms with Gasteiger partial charge >= 0.3 is 12.0 Å². The van der Waals surface area contributed by atoms with Gasteiger partial charge in [-0.2, -0.15) is 0 Å². The third-order valence-corrected chi connectivity index (χ3v) is 3.01. The van der Waals surface area contributed by atoms with E-state index >= 15 is 0 Å². The molecule has 1 rings (SSSR count). The molecule has 110 valence electrons. The number of amides is 2. The molecule has 0 saturated carbocycles. The number of nitrogens with zero attached hydrogens (tertiary/aromatic N) is 1. The van der Waals surface area contributed by atoms with Crippen LogP contribution in [0.1, 0.15) is 13.3 Å². The summed E-state index contributed by atoms with van der Waals surface area (Å²) >= 11 is 5.99. The van der Waals surface area contributed by atoms with Crippen LogP contribution in [0.5, 0.6) is 5.75 Å². The van der Waals surface area contributed by atoms with E-state index in [-0.39, 0.29) is 13.0 Å². The zero-order valence-corrected chi connectivity index (χ0v) is 12.1. The Hall–Kier alpha value is -1.95. The summed E-state index contributed by atoms with van der Waals surface area (Å²) in [4.78, 5) is 24.0. The summed E-state index contributed by atoms with van der Waals surface area (Å²) < 4.78 is 5.06. The van der Waals surface area contributed by atoms with Crippen molar-refractivity contribution in [1.82, 2.24) is 4.90 Å². The van der Waals surface area contributed by atoms with Crippen LogP contribution >= 0.6 is 11.6 Å². The fourth-order valence-electron chi connectivity index (χ4n) is 1.56. The van der Waals surface area contributed by atoms with Gasteiger partial charge in [0.05, 0.1) is 24.2 Å². The normalized spacial score (nSPS) is 9.95. The molecule has 0 aliphatic heterocycles. The number of anilines is 1.